The highest BCUT2D eigenvalue weighted by atomic mass is 16.5. The largest absolute Gasteiger partial charge is 0.497 e. The van der Waals surface area contributed by atoms with Gasteiger partial charge >= 0.3 is 0 Å². The SMILES string of the molecule is COc1cccc(CC(=O)NC(C)(C)CO)c1. The second-order valence-electron chi connectivity index (χ2n) is 4.62. The molecular formula is C13H19NO3. The Morgan fingerprint density at radius 2 is 2.18 bits per heavy atom. The van der Waals surface area contributed by atoms with Crippen LogP contribution in [0.25, 0.3) is 0 Å². The van der Waals surface area contributed by atoms with Crippen molar-refractivity contribution < 1.29 is 14.6 Å². The van der Waals surface area contributed by atoms with E-state index in [0.717, 1.165) is 11.3 Å². The molecule has 0 fully saturated rings. The number of nitrogens with one attached hydrogen (secondary N) is 1. The summed E-state index contributed by atoms with van der Waals surface area (Å²) in [4.78, 5) is 11.7. The van der Waals surface area contributed by atoms with Crippen LogP contribution in [-0.4, -0.2) is 30.3 Å². The fourth-order valence-electron chi connectivity index (χ4n) is 1.43. The predicted octanol–water partition coefficient (Wildman–Crippen LogP) is 1.12. The number of carbonyl (C=O) groups is 1. The summed E-state index contributed by atoms with van der Waals surface area (Å²) < 4.78 is 5.09. The average molecular weight is 237 g/mol. The van der Waals surface area contributed by atoms with Crippen LogP contribution >= 0.6 is 0 Å². The molecule has 4 heteroatoms. The zero-order valence-corrected chi connectivity index (χ0v) is 10.5. The molecule has 0 unspecified atom stereocenters. The van der Waals surface area contributed by atoms with Gasteiger partial charge in [-0.05, 0) is 31.5 Å². The number of benzene rings is 1. The molecule has 2 N–H and O–H groups in total. The third-order valence-electron chi connectivity index (χ3n) is 2.37. The number of rotatable bonds is 5. The lowest BCUT2D eigenvalue weighted by Gasteiger charge is -2.23. The molecule has 0 aliphatic heterocycles. The summed E-state index contributed by atoms with van der Waals surface area (Å²) in [5.74, 6) is 0.619. The predicted molar refractivity (Wildman–Crippen MR) is 66.0 cm³/mol. The minimum absolute atomic E-state index is 0.0865. The Bertz CT molecular complexity index is 388. The van der Waals surface area contributed by atoms with Gasteiger partial charge in [-0.3, -0.25) is 4.79 Å². The molecule has 0 spiro atoms. The Hall–Kier alpha value is -1.55. The lowest BCUT2D eigenvalue weighted by molar-refractivity contribution is -0.122. The van der Waals surface area contributed by atoms with Crippen molar-refractivity contribution in [2.75, 3.05) is 13.7 Å². The van der Waals surface area contributed by atoms with Crippen molar-refractivity contribution in [2.45, 2.75) is 25.8 Å². The summed E-state index contributed by atoms with van der Waals surface area (Å²) in [6, 6.07) is 7.37. The van der Waals surface area contributed by atoms with E-state index in [-0.39, 0.29) is 18.9 Å². The van der Waals surface area contributed by atoms with Gasteiger partial charge in [-0.15, -0.1) is 0 Å². The first-order chi connectivity index (χ1) is 7.96. The molecule has 0 atom stereocenters. The summed E-state index contributed by atoms with van der Waals surface area (Å²) in [6.07, 6.45) is 0.278. The zero-order chi connectivity index (χ0) is 12.9. The monoisotopic (exact) mass is 237 g/mol. The molecule has 0 saturated carbocycles. The molecule has 1 rings (SSSR count). The molecule has 0 bridgehead atoms. The highest BCUT2D eigenvalue weighted by Gasteiger charge is 2.18. The number of aliphatic hydroxyl groups excluding tert-OH is 1. The Balaban J connectivity index is 2.62. The lowest BCUT2D eigenvalue weighted by atomic mass is 10.1. The van der Waals surface area contributed by atoms with Crippen LogP contribution in [0.2, 0.25) is 0 Å². The maximum Gasteiger partial charge on any atom is 0.224 e. The van der Waals surface area contributed by atoms with Crippen molar-refractivity contribution in [3.63, 3.8) is 0 Å². The van der Waals surface area contributed by atoms with Crippen LogP contribution in [0.3, 0.4) is 0 Å². The van der Waals surface area contributed by atoms with Gasteiger partial charge in [0.1, 0.15) is 5.75 Å². The van der Waals surface area contributed by atoms with Gasteiger partial charge in [0.15, 0.2) is 0 Å². The number of amides is 1. The molecule has 1 amide bonds. The molecule has 0 aromatic heterocycles. The van der Waals surface area contributed by atoms with Crippen LogP contribution in [0.1, 0.15) is 19.4 Å². The summed E-state index contributed by atoms with van der Waals surface area (Å²) in [5, 5.41) is 11.8. The number of hydrogen-bond acceptors (Lipinski definition) is 3. The number of hydrogen-bond donors (Lipinski definition) is 2. The second kappa shape index (κ2) is 5.68. The van der Waals surface area contributed by atoms with Crippen LogP contribution < -0.4 is 10.1 Å². The average Bonchev–Trinajstić information content (AvgIpc) is 2.28. The van der Waals surface area contributed by atoms with Crippen molar-refractivity contribution in [2.24, 2.45) is 0 Å². The molecule has 94 valence electrons. The standard InChI is InChI=1S/C13H19NO3/c1-13(2,9-15)14-12(16)8-10-5-4-6-11(7-10)17-3/h4-7,15H,8-9H2,1-3H3,(H,14,16). The van der Waals surface area contributed by atoms with E-state index < -0.39 is 5.54 Å². The Morgan fingerprint density at radius 3 is 2.76 bits per heavy atom. The van der Waals surface area contributed by atoms with E-state index >= 15 is 0 Å². The van der Waals surface area contributed by atoms with E-state index in [0.29, 0.717) is 0 Å². The molecule has 0 heterocycles. The van der Waals surface area contributed by atoms with Crippen LogP contribution in [0.4, 0.5) is 0 Å². The second-order valence-corrected chi connectivity index (χ2v) is 4.62. The number of methoxy groups -OCH3 is 1. The van der Waals surface area contributed by atoms with Gasteiger partial charge in [0.05, 0.1) is 25.7 Å². The number of ether oxygens (including phenoxy) is 1. The molecule has 1 aromatic rings. The van der Waals surface area contributed by atoms with Crippen LogP contribution in [0.5, 0.6) is 5.75 Å². The Labute approximate surface area is 102 Å². The normalized spacial score (nSPS) is 11.1. The Kier molecular flexibility index (Phi) is 4.52. The molecule has 4 nitrogen and oxygen atoms in total. The van der Waals surface area contributed by atoms with Crippen LogP contribution in [0, 0.1) is 0 Å². The fourth-order valence-corrected chi connectivity index (χ4v) is 1.43. The van der Waals surface area contributed by atoms with Gasteiger partial charge in [-0.1, -0.05) is 12.1 Å². The van der Waals surface area contributed by atoms with Gasteiger partial charge in [-0.25, -0.2) is 0 Å². The minimum Gasteiger partial charge on any atom is -0.497 e. The number of aliphatic hydroxyl groups is 1. The molecule has 0 saturated heterocycles. The van der Waals surface area contributed by atoms with Crippen molar-refractivity contribution in [1.29, 1.82) is 0 Å². The Morgan fingerprint density at radius 1 is 1.47 bits per heavy atom. The zero-order valence-electron chi connectivity index (χ0n) is 10.5. The number of carbonyl (C=O) groups excluding carboxylic acids is 1. The molecule has 0 aliphatic carbocycles. The maximum absolute atomic E-state index is 11.7. The van der Waals surface area contributed by atoms with Crippen molar-refractivity contribution >= 4 is 5.91 Å². The van der Waals surface area contributed by atoms with Crippen molar-refractivity contribution in [3.05, 3.63) is 29.8 Å². The highest BCUT2D eigenvalue weighted by molar-refractivity contribution is 5.79. The first-order valence-electron chi connectivity index (χ1n) is 5.51. The molecular weight excluding hydrogens is 218 g/mol. The maximum atomic E-state index is 11.7. The first-order valence-corrected chi connectivity index (χ1v) is 5.51. The first kappa shape index (κ1) is 13.5. The molecule has 0 aliphatic rings. The van der Waals surface area contributed by atoms with E-state index in [1.807, 2.05) is 24.3 Å². The van der Waals surface area contributed by atoms with Crippen LogP contribution in [-0.2, 0) is 11.2 Å². The lowest BCUT2D eigenvalue weighted by Crippen LogP contribution is -2.46. The van der Waals surface area contributed by atoms with Gasteiger partial charge in [0, 0.05) is 0 Å². The highest BCUT2D eigenvalue weighted by Crippen LogP contribution is 2.13. The molecule has 0 radical (unpaired) electrons. The summed E-state index contributed by atoms with van der Waals surface area (Å²) in [6.45, 7) is 3.46. The van der Waals surface area contributed by atoms with Gasteiger partial charge in [0.25, 0.3) is 0 Å². The van der Waals surface area contributed by atoms with Gasteiger partial charge < -0.3 is 15.2 Å². The summed E-state index contributed by atoms with van der Waals surface area (Å²) in [5.41, 5.74) is 0.297. The topological polar surface area (TPSA) is 58.6 Å². The quantitative estimate of drug-likeness (QED) is 0.807. The molecule has 17 heavy (non-hydrogen) atoms. The van der Waals surface area contributed by atoms with Crippen molar-refractivity contribution in [1.82, 2.24) is 5.32 Å². The van der Waals surface area contributed by atoms with Gasteiger partial charge in [-0.2, -0.15) is 0 Å². The van der Waals surface area contributed by atoms with E-state index in [4.69, 9.17) is 9.84 Å². The van der Waals surface area contributed by atoms with E-state index in [2.05, 4.69) is 5.32 Å². The van der Waals surface area contributed by atoms with Crippen LogP contribution in [0.15, 0.2) is 24.3 Å². The smallest absolute Gasteiger partial charge is 0.224 e. The van der Waals surface area contributed by atoms with E-state index in [1.165, 1.54) is 0 Å². The van der Waals surface area contributed by atoms with Gasteiger partial charge in [0.2, 0.25) is 5.91 Å². The summed E-state index contributed by atoms with van der Waals surface area (Å²) >= 11 is 0. The third kappa shape index (κ3) is 4.44. The minimum atomic E-state index is -0.587. The summed E-state index contributed by atoms with van der Waals surface area (Å²) in [7, 11) is 1.59. The van der Waals surface area contributed by atoms with E-state index in [1.54, 1.807) is 21.0 Å². The van der Waals surface area contributed by atoms with E-state index in [9.17, 15) is 4.79 Å². The molecule has 1 aromatic carbocycles. The van der Waals surface area contributed by atoms with Crippen molar-refractivity contribution in [3.8, 4) is 5.75 Å². The third-order valence-corrected chi connectivity index (χ3v) is 2.37. The fraction of sp³-hybridized carbons (Fsp3) is 0.462.